The zero-order valence-corrected chi connectivity index (χ0v) is 12.2. The Kier molecular flexibility index (Phi) is 5.32. The number of amides is 3. The first-order valence-corrected chi connectivity index (χ1v) is 6.77. The van der Waals surface area contributed by atoms with Gasteiger partial charge in [0.15, 0.2) is 0 Å². The zero-order chi connectivity index (χ0) is 15.9. The molecular formula is C15H13ClFN3O2. The number of rotatable bonds is 4. The fourth-order valence-electron chi connectivity index (χ4n) is 1.64. The summed E-state index contributed by atoms with van der Waals surface area (Å²) >= 11 is 5.61. The van der Waals surface area contributed by atoms with Gasteiger partial charge in [-0.2, -0.15) is 0 Å². The maximum atomic E-state index is 13.0. The van der Waals surface area contributed by atoms with E-state index in [9.17, 15) is 14.0 Å². The second-order valence-electron chi connectivity index (χ2n) is 4.35. The number of nitrogens with one attached hydrogen (secondary N) is 3. The Labute approximate surface area is 131 Å². The first-order chi connectivity index (χ1) is 10.5. The van der Waals surface area contributed by atoms with Crippen LogP contribution in [0.4, 0.5) is 20.6 Å². The number of hydrogen-bond acceptors (Lipinski definition) is 2. The molecule has 2 aromatic carbocycles. The molecule has 0 bridgehead atoms. The van der Waals surface area contributed by atoms with Crippen LogP contribution < -0.4 is 16.0 Å². The molecule has 2 aromatic rings. The summed E-state index contributed by atoms with van der Waals surface area (Å²) in [7, 11) is 0. The molecule has 0 saturated heterocycles. The van der Waals surface area contributed by atoms with Gasteiger partial charge in [0.25, 0.3) is 0 Å². The molecule has 114 valence electrons. The Morgan fingerprint density at radius 2 is 1.73 bits per heavy atom. The van der Waals surface area contributed by atoms with Gasteiger partial charge in [-0.15, -0.1) is 0 Å². The van der Waals surface area contributed by atoms with E-state index in [2.05, 4.69) is 16.0 Å². The van der Waals surface area contributed by atoms with Gasteiger partial charge < -0.3 is 16.0 Å². The number of carbonyl (C=O) groups is 2. The normalized spacial score (nSPS) is 9.91. The van der Waals surface area contributed by atoms with Crippen LogP contribution >= 0.6 is 11.6 Å². The van der Waals surface area contributed by atoms with Gasteiger partial charge in [-0.25, -0.2) is 9.18 Å². The van der Waals surface area contributed by atoms with Crippen LogP contribution in [0.5, 0.6) is 0 Å². The molecule has 0 atom stereocenters. The van der Waals surface area contributed by atoms with E-state index in [1.54, 1.807) is 24.3 Å². The molecular weight excluding hydrogens is 309 g/mol. The third-order valence-corrected chi connectivity index (χ3v) is 2.93. The van der Waals surface area contributed by atoms with Crippen molar-refractivity contribution >= 4 is 34.9 Å². The summed E-state index contributed by atoms with van der Waals surface area (Å²) in [6.07, 6.45) is 0. The molecule has 3 amide bonds. The first-order valence-electron chi connectivity index (χ1n) is 6.39. The fourth-order valence-corrected chi connectivity index (χ4v) is 1.82. The third-order valence-electron chi connectivity index (χ3n) is 2.64. The molecule has 0 spiro atoms. The van der Waals surface area contributed by atoms with Crippen LogP contribution in [0.3, 0.4) is 0 Å². The van der Waals surface area contributed by atoms with E-state index in [1.807, 2.05) is 6.07 Å². The number of carbonyl (C=O) groups excluding carboxylic acids is 2. The molecule has 7 heteroatoms. The van der Waals surface area contributed by atoms with Crippen LogP contribution in [0.1, 0.15) is 0 Å². The average Bonchev–Trinajstić information content (AvgIpc) is 2.50. The van der Waals surface area contributed by atoms with Crippen LogP contribution in [-0.4, -0.2) is 18.5 Å². The molecule has 0 saturated carbocycles. The highest BCUT2D eigenvalue weighted by molar-refractivity contribution is 6.31. The summed E-state index contributed by atoms with van der Waals surface area (Å²) in [4.78, 5) is 23.3. The first kappa shape index (κ1) is 15.8. The molecule has 0 unspecified atom stereocenters. The Bertz CT molecular complexity index is 680. The number of anilines is 2. The highest BCUT2D eigenvalue weighted by atomic mass is 35.5. The third kappa shape index (κ3) is 4.75. The SMILES string of the molecule is O=C(CNC(=O)Nc1ccccc1)Nc1ccc(F)c(Cl)c1. The Morgan fingerprint density at radius 3 is 2.41 bits per heavy atom. The van der Waals surface area contributed by atoms with Crippen molar-refractivity contribution in [3.8, 4) is 0 Å². The number of halogens is 2. The lowest BCUT2D eigenvalue weighted by atomic mass is 10.3. The summed E-state index contributed by atoms with van der Waals surface area (Å²) in [6, 6.07) is 12.1. The van der Waals surface area contributed by atoms with E-state index in [1.165, 1.54) is 12.1 Å². The van der Waals surface area contributed by atoms with Gasteiger partial charge in [-0.1, -0.05) is 29.8 Å². The van der Waals surface area contributed by atoms with Crippen molar-refractivity contribution < 1.29 is 14.0 Å². The van der Waals surface area contributed by atoms with Crippen molar-refractivity contribution in [1.29, 1.82) is 0 Å². The van der Waals surface area contributed by atoms with Crippen molar-refractivity contribution in [2.75, 3.05) is 17.2 Å². The summed E-state index contributed by atoms with van der Waals surface area (Å²) < 4.78 is 13.0. The maximum absolute atomic E-state index is 13.0. The highest BCUT2D eigenvalue weighted by Crippen LogP contribution is 2.19. The lowest BCUT2D eigenvalue weighted by Gasteiger charge is -2.08. The van der Waals surface area contributed by atoms with Gasteiger partial charge in [0.05, 0.1) is 11.6 Å². The van der Waals surface area contributed by atoms with Crippen LogP contribution in [-0.2, 0) is 4.79 Å². The molecule has 0 heterocycles. The number of urea groups is 1. The monoisotopic (exact) mass is 321 g/mol. The molecule has 0 fully saturated rings. The Morgan fingerprint density at radius 1 is 1.00 bits per heavy atom. The zero-order valence-electron chi connectivity index (χ0n) is 11.4. The second kappa shape index (κ2) is 7.42. The van der Waals surface area contributed by atoms with E-state index >= 15 is 0 Å². The average molecular weight is 322 g/mol. The largest absolute Gasteiger partial charge is 0.329 e. The standard InChI is InChI=1S/C15H13ClFN3O2/c16-12-8-11(6-7-13(12)17)19-14(21)9-18-15(22)20-10-4-2-1-3-5-10/h1-8H,9H2,(H,19,21)(H2,18,20,22). The number of para-hydroxylation sites is 1. The predicted molar refractivity (Wildman–Crippen MR) is 83.5 cm³/mol. The Hall–Kier alpha value is -2.60. The summed E-state index contributed by atoms with van der Waals surface area (Å²) in [6.45, 7) is -0.229. The van der Waals surface area contributed by atoms with Crippen molar-refractivity contribution in [3.63, 3.8) is 0 Å². The van der Waals surface area contributed by atoms with E-state index in [4.69, 9.17) is 11.6 Å². The topological polar surface area (TPSA) is 70.2 Å². The molecule has 0 radical (unpaired) electrons. The second-order valence-corrected chi connectivity index (χ2v) is 4.76. The minimum absolute atomic E-state index is 0.0902. The minimum atomic E-state index is -0.569. The van der Waals surface area contributed by atoms with Crippen LogP contribution in [0.15, 0.2) is 48.5 Å². The van der Waals surface area contributed by atoms with E-state index < -0.39 is 17.8 Å². The van der Waals surface area contributed by atoms with Gasteiger partial charge in [-0.3, -0.25) is 4.79 Å². The predicted octanol–water partition coefficient (Wildman–Crippen LogP) is 3.24. The highest BCUT2D eigenvalue weighted by Gasteiger charge is 2.07. The summed E-state index contributed by atoms with van der Waals surface area (Å²) in [5, 5.41) is 7.39. The lowest BCUT2D eigenvalue weighted by molar-refractivity contribution is -0.115. The quantitative estimate of drug-likeness (QED) is 0.809. The summed E-state index contributed by atoms with van der Waals surface area (Å²) in [5.74, 6) is -1.02. The molecule has 0 aromatic heterocycles. The van der Waals surface area contributed by atoms with Crippen LogP contribution in [0.25, 0.3) is 0 Å². The van der Waals surface area contributed by atoms with Crippen molar-refractivity contribution in [2.24, 2.45) is 0 Å². The van der Waals surface area contributed by atoms with E-state index in [-0.39, 0.29) is 11.6 Å². The van der Waals surface area contributed by atoms with Crippen LogP contribution in [0.2, 0.25) is 5.02 Å². The molecule has 5 nitrogen and oxygen atoms in total. The number of hydrogen-bond donors (Lipinski definition) is 3. The van der Waals surface area contributed by atoms with Gasteiger partial charge >= 0.3 is 6.03 Å². The maximum Gasteiger partial charge on any atom is 0.319 e. The van der Waals surface area contributed by atoms with Crippen molar-refractivity contribution in [3.05, 3.63) is 59.4 Å². The molecule has 2 rings (SSSR count). The molecule has 0 aliphatic rings. The van der Waals surface area contributed by atoms with Gasteiger partial charge in [0.1, 0.15) is 5.82 Å². The van der Waals surface area contributed by atoms with E-state index in [0.29, 0.717) is 11.4 Å². The number of benzene rings is 2. The lowest BCUT2D eigenvalue weighted by Crippen LogP contribution is -2.35. The Balaban J connectivity index is 1.80. The molecule has 0 aliphatic carbocycles. The van der Waals surface area contributed by atoms with Crippen LogP contribution in [0, 0.1) is 5.82 Å². The van der Waals surface area contributed by atoms with Gasteiger partial charge in [0.2, 0.25) is 5.91 Å². The smallest absolute Gasteiger partial charge is 0.319 e. The molecule has 22 heavy (non-hydrogen) atoms. The fraction of sp³-hybridized carbons (Fsp3) is 0.0667. The molecule has 0 aliphatic heterocycles. The van der Waals surface area contributed by atoms with Gasteiger partial charge in [0, 0.05) is 11.4 Å². The van der Waals surface area contributed by atoms with Crippen molar-refractivity contribution in [1.82, 2.24) is 5.32 Å². The summed E-state index contributed by atoms with van der Waals surface area (Å²) in [5.41, 5.74) is 0.965. The molecule has 3 N–H and O–H groups in total. The van der Waals surface area contributed by atoms with Crippen molar-refractivity contribution in [2.45, 2.75) is 0 Å². The van der Waals surface area contributed by atoms with E-state index in [0.717, 1.165) is 6.07 Å². The van der Waals surface area contributed by atoms with Gasteiger partial charge in [-0.05, 0) is 30.3 Å². The minimum Gasteiger partial charge on any atom is -0.329 e.